The molecule has 6 nitrogen and oxygen atoms in total. The van der Waals surface area contributed by atoms with Crippen molar-refractivity contribution in [2.45, 2.75) is 52.2 Å². The number of nitrogens with zero attached hydrogens (tertiary/aromatic N) is 1. The molecule has 0 spiro atoms. The van der Waals surface area contributed by atoms with E-state index in [-0.39, 0.29) is 25.0 Å². The molecule has 2 aromatic rings. The third-order valence-corrected chi connectivity index (χ3v) is 4.82. The summed E-state index contributed by atoms with van der Waals surface area (Å²) in [6.07, 6.45) is 0.477. The van der Waals surface area contributed by atoms with Gasteiger partial charge >= 0.3 is 0 Å². The largest absolute Gasteiger partial charge is 0.497 e. The number of halogens is 1. The van der Waals surface area contributed by atoms with E-state index >= 15 is 0 Å². The number of hydrogen-bond donors (Lipinski definition) is 1. The standard InChI is InChI=1S/C24H31ClN2O4/c1-6-21(23(29)26-24(2,3)4)27(15-17-7-11-19(30-5)12-8-17)22(28)16-31-20-13-9-18(25)10-14-20/h7-14,21H,6,15-16H2,1-5H3,(H,26,29). The lowest BCUT2D eigenvalue weighted by Gasteiger charge is -2.33. The Hall–Kier alpha value is -2.73. The summed E-state index contributed by atoms with van der Waals surface area (Å²) >= 11 is 5.90. The summed E-state index contributed by atoms with van der Waals surface area (Å²) in [6, 6.07) is 13.6. The molecule has 1 atom stereocenters. The predicted octanol–water partition coefficient (Wildman–Crippen LogP) is 4.45. The molecule has 0 radical (unpaired) electrons. The average molecular weight is 447 g/mol. The van der Waals surface area contributed by atoms with Gasteiger partial charge in [-0.1, -0.05) is 30.7 Å². The van der Waals surface area contributed by atoms with Gasteiger partial charge in [0.15, 0.2) is 6.61 Å². The molecule has 31 heavy (non-hydrogen) atoms. The normalized spacial score (nSPS) is 12.1. The highest BCUT2D eigenvalue weighted by Crippen LogP contribution is 2.19. The zero-order chi connectivity index (χ0) is 23.0. The Balaban J connectivity index is 2.22. The van der Waals surface area contributed by atoms with Crippen LogP contribution in [0.1, 0.15) is 39.7 Å². The number of benzene rings is 2. The number of carbonyl (C=O) groups excluding carboxylic acids is 2. The molecule has 2 rings (SSSR count). The van der Waals surface area contributed by atoms with E-state index in [1.807, 2.05) is 52.0 Å². The Morgan fingerprint density at radius 2 is 1.61 bits per heavy atom. The second kappa shape index (κ2) is 11.0. The molecule has 168 valence electrons. The van der Waals surface area contributed by atoms with Gasteiger partial charge in [-0.15, -0.1) is 0 Å². The first-order chi connectivity index (χ1) is 14.6. The van der Waals surface area contributed by atoms with E-state index in [2.05, 4.69) is 5.32 Å². The van der Waals surface area contributed by atoms with E-state index in [9.17, 15) is 9.59 Å². The number of hydrogen-bond acceptors (Lipinski definition) is 4. The van der Waals surface area contributed by atoms with E-state index in [0.29, 0.717) is 17.2 Å². The van der Waals surface area contributed by atoms with Gasteiger partial charge in [-0.05, 0) is 69.2 Å². The maximum Gasteiger partial charge on any atom is 0.261 e. The van der Waals surface area contributed by atoms with Crippen molar-refractivity contribution in [2.75, 3.05) is 13.7 Å². The minimum Gasteiger partial charge on any atom is -0.497 e. The molecule has 0 aliphatic rings. The Bertz CT molecular complexity index is 861. The fourth-order valence-electron chi connectivity index (χ4n) is 3.06. The van der Waals surface area contributed by atoms with Gasteiger partial charge in [-0.3, -0.25) is 9.59 Å². The van der Waals surface area contributed by atoms with Crippen LogP contribution >= 0.6 is 11.6 Å². The topological polar surface area (TPSA) is 67.9 Å². The van der Waals surface area contributed by atoms with Gasteiger partial charge in [0.05, 0.1) is 7.11 Å². The van der Waals surface area contributed by atoms with Crippen molar-refractivity contribution in [3.8, 4) is 11.5 Å². The Kier molecular flexibility index (Phi) is 8.75. The predicted molar refractivity (Wildman–Crippen MR) is 122 cm³/mol. The SMILES string of the molecule is CCC(C(=O)NC(C)(C)C)N(Cc1ccc(OC)cc1)C(=O)COc1ccc(Cl)cc1. The summed E-state index contributed by atoms with van der Waals surface area (Å²) in [6.45, 7) is 7.73. The van der Waals surface area contributed by atoms with Crippen molar-refractivity contribution in [2.24, 2.45) is 0 Å². The van der Waals surface area contributed by atoms with Gasteiger partial charge in [0, 0.05) is 17.1 Å². The maximum absolute atomic E-state index is 13.2. The van der Waals surface area contributed by atoms with Crippen molar-refractivity contribution in [3.63, 3.8) is 0 Å². The first kappa shape index (κ1) is 24.5. The molecule has 0 fully saturated rings. The summed E-state index contributed by atoms with van der Waals surface area (Å²) in [5.41, 5.74) is 0.488. The molecule has 2 aromatic carbocycles. The molecule has 0 aliphatic carbocycles. The first-order valence-corrected chi connectivity index (χ1v) is 10.6. The van der Waals surface area contributed by atoms with Gasteiger partial charge in [0.2, 0.25) is 5.91 Å². The van der Waals surface area contributed by atoms with Crippen LogP contribution in [0.15, 0.2) is 48.5 Å². The van der Waals surface area contributed by atoms with Crippen LogP contribution in [0.2, 0.25) is 5.02 Å². The minimum absolute atomic E-state index is 0.183. The molecule has 0 heterocycles. The number of carbonyl (C=O) groups is 2. The molecular weight excluding hydrogens is 416 g/mol. The molecule has 2 amide bonds. The molecular formula is C24H31ClN2O4. The third-order valence-electron chi connectivity index (χ3n) is 4.57. The van der Waals surface area contributed by atoms with Crippen LogP contribution in [-0.2, 0) is 16.1 Å². The van der Waals surface area contributed by atoms with Crippen molar-refractivity contribution in [1.82, 2.24) is 10.2 Å². The van der Waals surface area contributed by atoms with Gasteiger partial charge in [0.25, 0.3) is 5.91 Å². The molecule has 0 bridgehead atoms. The Morgan fingerprint density at radius 3 is 2.13 bits per heavy atom. The van der Waals surface area contributed by atoms with Gasteiger partial charge in [-0.25, -0.2) is 0 Å². The third kappa shape index (κ3) is 7.79. The van der Waals surface area contributed by atoms with Gasteiger partial charge in [0.1, 0.15) is 17.5 Å². The van der Waals surface area contributed by atoms with Crippen molar-refractivity contribution in [1.29, 1.82) is 0 Å². The highest BCUT2D eigenvalue weighted by molar-refractivity contribution is 6.30. The second-order valence-electron chi connectivity index (χ2n) is 8.28. The summed E-state index contributed by atoms with van der Waals surface area (Å²) in [5, 5.41) is 3.57. The van der Waals surface area contributed by atoms with Gasteiger partial charge in [-0.2, -0.15) is 0 Å². The van der Waals surface area contributed by atoms with Crippen LogP contribution in [0.25, 0.3) is 0 Å². The van der Waals surface area contributed by atoms with E-state index in [1.54, 1.807) is 36.3 Å². The number of nitrogens with one attached hydrogen (secondary N) is 1. The lowest BCUT2D eigenvalue weighted by molar-refractivity contribution is -0.143. The lowest BCUT2D eigenvalue weighted by Crippen LogP contribution is -2.54. The van der Waals surface area contributed by atoms with Crippen molar-refractivity contribution in [3.05, 3.63) is 59.1 Å². The fraction of sp³-hybridized carbons (Fsp3) is 0.417. The summed E-state index contributed by atoms with van der Waals surface area (Å²) in [7, 11) is 1.60. The lowest BCUT2D eigenvalue weighted by atomic mass is 10.1. The molecule has 0 aliphatic heterocycles. The van der Waals surface area contributed by atoms with Crippen molar-refractivity contribution >= 4 is 23.4 Å². The van der Waals surface area contributed by atoms with E-state index in [0.717, 1.165) is 11.3 Å². The fourth-order valence-corrected chi connectivity index (χ4v) is 3.18. The van der Waals surface area contributed by atoms with Crippen LogP contribution in [0.3, 0.4) is 0 Å². The molecule has 7 heteroatoms. The molecule has 1 N–H and O–H groups in total. The number of rotatable bonds is 9. The number of methoxy groups -OCH3 is 1. The molecule has 0 saturated heterocycles. The number of amides is 2. The summed E-state index contributed by atoms with van der Waals surface area (Å²) < 4.78 is 10.9. The van der Waals surface area contributed by atoms with Gasteiger partial charge < -0.3 is 19.7 Å². The number of ether oxygens (including phenoxy) is 2. The molecule has 1 unspecified atom stereocenters. The van der Waals surface area contributed by atoms with Crippen LogP contribution in [0.4, 0.5) is 0 Å². The highest BCUT2D eigenvalue weighted by Gasteiger charge is 2.30. The zero-order valence-electron chi connectivity index (χ0n) is 18.8. The van der Waals surface area contributed by atoms with E-state index in [4.69, 9.17) is 21.1 Å². The monoisotopic (exact) mass is 446 g/mol. The van der Waals surface area contributed by atoms with Crippen LogP contribution in [0, 0.1) is 0 Å². The molecule has 0 saturated carbocycles. The quantitative estimate of drug-likeness (QED) is 0.617. The van der Waals surface area contributed by atoms with E-state index in [1.165, 1.54) is 0 Å². The smallest absolute Gasteiger partial charge is 0.261 e. The summed E-state index contributed by atoms with van der Waals surface area (Å²) in [4.78, 5) is 27.7. The Morgan fingerprint density at radius 1 is 1.03 bits per heavy atom. The maximum atomic E-state index is 13.2. The first-order valence-electron chi connectivity index (χ1n) is 10.3. The zero-order valence-corrected chi connectivity index (χ0v) is 19.5. The molecule has 0 aromatic heterocycles. The van der Waals surface area contributed by atoms with Crippen LogP contribution in [-0.4, -0.2) is 42.0 Å². The summed E-state index contributed by atoms with van der Waals surface area (Å²) in [5.74, 6) is 0.796. The van der Waals surface area contributed by atoms with E-state index < -0.39 is 11.6 Å². The van der Waals surface area contributed by atoms with Crippen molar-refractivity contribution < 1.29 is 19.1 Å². The highest BCUT2D eigenvalue weighted by atomic mass is 35.5. The minimum atomic E-state index is -0.623. The van der Waals surface area contributed by atoms with Crippen LogP contribution in [0.5, 0.6) is 11.5 Å². The second-order valence-corrected chi connectivity index (χ2v) is 8.71. The Labute approximate surface area is 189 Å². The van der Waals surface area contributed by atoms with Crippen LogP contribution < -0.4 is 14.8 Å². The average Bonchev–Trinajstić information content (AvgIpc) is 2.72.